The summed E-state index contributed by atoms with van der Waals surface area (Å²) in [6.07, 6.45) is 11.4. The second kappa shape index (κ2) is 15.3. The highest BCUT2D eigenvalue weighted by atomic mass is 16.5. The molecule has 4 nitrogen and oxygen atoms in total. The maximum atomic E-state index is 5.51. The smallest absolute Gasteiger partial charge is 0.137 e. The molecule has 1 aromatic heterocycles. The van der Waals surface area contributed by atoms with E-state index in [2.05, 4.69) is 60.3 Å². The van der Waals surface area contributed by atoms with Crippen molar-refractivity contribution in [1.82, 2.24) is 15.6 Å². The van der Waals surface area contributed by atoms with Gasteiger partial charge in [0.25, 0.3) is 0 Å². The SMILES string of the molecule is C=C(C)/C=C(/C)NCC=C(NCc1cc(=C/C)/c(=C\CC)[nH]1)/C(=C\C)OC.CC. The fourth-order valence-corrected chi connectivity index (χ4v) is 2.82. The Kier molecular flexibility index (Phi) is 13.9. The van der Waals surface area contributed by atoms with Crippen LogP contribution in [0.15, 0.2) is 53.6 Å². The Morgan fingerprint density at radius 2 is 1.90 bits per heavy atom. The topological polar surface area (TPSA) is 49.1 Å². The number of aromatic nitrogens is 1. The van der Waals surface area contributed by atoms with Crippen molar-refractivity contribution in [3.8, 4) is 0 Å². The summed E-state index contributed by atoms with van der Waals surface area (Å²) in [5, 5.41) is 9.28. The average Bonchev–Trinajstić information content (AvgIpc) is 3.09. The van der Waals surface area contributed by atoms with Gasteiger partial charge in [0.2, 0.25) is 0 Å². The van der Waals surface area contributed by atoms with Gasteiger partial charge in [0.15, 0.2) is 0 Å². The molecule has 0 aliphatic rings. The van der Waals surface area contributed by atoms with Crippen LogP contribution in [0.5, 0.6) is 0 Å². The van der Waals surface area contributed by atoms with Crippen molar-refractivity contribution in [2.24, 2.45) is 0 Å². The predicted molar refractivity (Wildman–Crippen MR) is 129 cm³/mol. The van der Waals surface area contributed by atoms with Crippen molar-refractivity contribution in [3.63, 3.8) is 0 Å². The molecule has 0 aliphatic carbocycles. The number of allylic oxidation sites excluding steroid dienone is 4. The Hall–Kier alpha value is -2.62. The van der Waals surface area contributed by atoms with Gasteiger partial charge in [0, 0.05) is 23.3 Å². The molecule has 1 heterocycles. The third-order valence-corrected chi connectivity index (χ3v) is 4.02. The van der Waals surface area contributed by atoms with Gasteiger partial charge >= 0.3 is 0 Å². The molecule has 0 atom stereocenters. The van der Waals surface area contributed by atoms with Crippen molar-refractivity contribution < 1.29 is 4.74 Å². The predicted octanol–water partition coefficient (Wildman–Crippen LogP) is 4.63. The van der Waals surface area contributed by atoms with E-state index in [1.165, 1.54) is 10.6 Å². The molecular weight excluding hydrogens is 358 g/mol. The molecule has 0 fully saturated rings. The van der Waals surface area contributed by atoms with E-state index in [-0.39, 0.29) is 0 Å². The van der Waals surface area contributed by atoms with E-state index >= 15 is 0 Å². The molecule has 29 heavy (non-hydrogen) atoms. The van der Waals surface area contributed by atoms with Gasteiger partial charge in [-0.2, -0.15) is 0 Å². The summed E-state index contributed by atoms with van der Waals surface area (Å²) in [5.41, 5.74) is 4.23. The van der Waals surface area contributed by atoms with Crippen molar-refractivity contribution in [3.05, 3.63) is 69.9 Å². The first-order valence-corrected chi connectivity index (χ1v) is 10.5. The molecule has 0 saturated heterocycles. The highest BCUT2D eigenvalue weighted by Gasteiger charge is 2.05. The van der Waals surface area contributed by atoms with Crippen molar-refractivity contribution >= 4 is 12.2 Å². The van der Waals surface area contributed by atoms with Gasteiger partial charge in [-0.25, -0.2) is 0 Å². The van der Waals surface area contributed by atoms with Crippen LogP contribution in [-0.4, -0.2) is 18.6 Å². The fourth-order valence-electron chi connectivity index (χ4n) is 2.82. The van der Waals surface area contributed by atoms with E-state index in [9.17, 15) is 0 Å². The Labute approximate surface area is 177 Å². The second-order valence-corrected chi connectivity index (χ2v) is 6.45. The summed E-state index contributed by atoms with van der Waals surface area (Å²) in [6.45, 7) is 19.5. The number of hydrogen-bond acceptors (Lipinski definition) is 3. The van der Waals surface area contributed by atoms with E-state index in [1.54, 1.807) is 7.11 Å². The number of ether oxygens (including phenoxy) is 1. The highest BCUT2D eigenvalue weighted by Crippen LogP contribution is 2.08. The van der Waals surface area contributed by atoms with Gasteiger partial charge < -0.3 is 20.4 Å². The first-order chi connectivity index (χ1) is 13.9. The van der Waals surface area contributed by atoms with Gasteiger partial charge in [0.1, 0.15) is 5.76 Å². The number of aromatic amines is 1. The maximum Gasteiger partial charge on any atom is 0.137 e. The molecule has 4 heteroatoms. The quantitative estimate of drug-likeness (QED) is 0.397. The zero-order valence-corrected chi connectivity index (χ0v) is 19.7. The van der Waals surface area contributed by atoms with Gasteiger partial charge in [0.05, 0.1) is 19.4 Å². The van der Waals surface area contributed by atoms with Crippen LogP contribution in [0.4, 0.5) is 0 Å². The molecule has 0 bridgehead atoms. The van der Waals surface area contributed by atoms with Gasteiger partial charge in [-0.15, -0.1) is 0 Å². The molecule has 0 saturated carbocycles. The number of methoxy groups -OCH3 is 1. The summed E-state index contributed by atoms with van der Waals surface area (Å²) in [7, 11) is 1.69. The first kappa shape index (κ1) is 26.4. The van der Waals surface area contributed by atoms with Crippen LogP contribution in [0.3, 0.4) is 0 Å². The van der Waals surface area contributed by atoms with Crippen LogP contribution in [0, 0.1) is 0 Å². The van der Waals surface area contributed by atoms with Crippen molar-refractivity contribution in [2.75, 3.05) is 13.7 Å². The minimum absolute atomic E-state index is 0.700. The zero-order chi connectivity index (χ0) is 22.2. The molecule has 0 aromatic carbocycles. The number of nitrogens with one attached hydrogen (secondary N) is 3. The van der Waals surface area contributed by atoms with Crippen LogP contribution >= 0.6 is 0 Å². The Morgan fingerprint density at radius 3 is 2.41 bits per heavy atom. The first-order valence-electron chi connectivity index (χ1n) is 10.5. The molecule has 162 valence electrons. The van der Waals surface area contributed by atoms with Crippen LogP contribution in [0.25, 0.3) is 12.2 Å². The Morgan fingerprint density at radius 1 is 1.21 bits per heavy atom. The summed E-state index contributed by atoms with van der Waals surface area (Å²) >= 11 is 0. The monoisotopic (exact) mass is 399 g/mol. The summed E-state index contributed by atoms with van der Waals surface area (Å²) in [6, 6.07) is 2.19. The molecule has 0 radical (unpaired) electrons. The lowest BCUT2D eigenvalue weighted by atomic mass is 10.2. The second-order valence-electron chi connectivity index (χ2n) is 6.45. The van der Waals surface area contributed by atoms with E-state index in [4.69, 9.17) is 4.74 Å². The van der Waals surface area contributed by atoms with Crippen molar-refractivity contribution in [2.45, 2.75) is 61.4 Å². The third kappa shape index (κ3) is 9.93. The fraction of sp³-hybridized carbons (Fsp3) is 0.440. The van der Waals surface area contributed by atoms with Gasteiger partial charge in [-0.1, -0.05) is 45.1 Å². The summed E-state index contributed by atoms with van der Waals surface area (Å²) in [4.78, 5) is 3.49. The largest absolute Gasteiger partial charge is 0.495 e. The lowest BCUT2D eigenvalue weighted by Gasteiger charge is -2.14. The molecule has 1 rings (SSSR count). The molecular formula is C25H41N3O. The Balaban J connectivity index is 0.00000379. The molecule has 0 spiro atoms. The Bertz CT molecular complexity index is 823. The van der Waals surface area contributed by atoms with Crippen LogP contribution in [-0.2, 0) is 11.3 Å². The molecule has 1 aromatic rings. The average molecular weight is 400 g/mol. The minimum Gasteiger partial charge on any atom is -0.495 e. The molecule has 3 N–H and O–H groups in total. The van der Waals surface area contributed by atoms with Crippen LogP contribution in [0.1, 0.15) is 60.6 Å². The van der Waals surface area contributed by atoms with E-state index in [0.29, 0.717) is 13.1 Å². The number of hydrogen-bond donors (Lipinski definition) is 3. The van der Waals surface area contributed by atoms with Gasteiger partial charge in [-0.3, -0.25) is 0 Å². The molecule has 0 unspecified atom stereocenters. The van der Waals surface area contributed by atoms with Crippen LogP contribution < -0.4 is 21.2 Å². The molecule has 0 amide bonds. The lowest BCUT2D eigenvalue weighted by molar-refractivity contribution is 0.294. The number of rotatable bonds is 10. The summed E-state index contributed by atoms with van der Waals surface area (Å²) in [5.74, 6) is 0.826. The van der Waals surface area contributed by atoms with E-state index in [0.717, 1.165) is 34.8 Å². The normalized spacial score (nSPS) is 13.7. The lowest BCUT2D eigenvalue weighted by Crippen LogP contribution is -2.21. The van der Waals surface area contributed by atoms with Crippen LogP contribution in [0.2, 0.25) is 0 Å². The third-order valence-electron chi connectivity index (χ3n) is 4.02. The van der Waals surface area contributed by atoms with E-state index < -0.39 is 0 Å². The maximum absolute atomic E-state index is 5.51. The van der Waals surface area contributed by atoms with E-state index in [1.807, 2.05) is 46.8 Å². The van der Waals surface area contributed by atoms with Gasteiger partial charge in [-0.05, 0) is 63.6 Å². The van der Waals surface area contributed by atoms with Crippen molar-refractivity contribution in [1.29, 1.82) is 0 Å². The summed E-state index contributed by atoms with van der Waals surface area (Å²) < 4.78 is 5.51. The minimum atomic E-state index is 0.700. The standard InChI is InChI=1S/C23H35N3O.C2H6/c1-8-11-21-19(9-2)15-20(26-21)16-25-22(23(10-3)27-7)12-13-24-18(6)14-17(4)5;1-2/h9-12,14-15,24-26H,4,8,13,16H2,1-3,5-7H3;1-2H3/b18-14-,19-9-,21-11+,22-12?,23-10+;. The number of H-pyrrole nitrogens is 1. The highest BCUT2D eigenvalue weighted by molar-refractivity contribution is 5.30. The zero-order valence-electron chi connectivity index (χ0n) is 19.7. The molecule has 0 aliphatic heterocycles.